The summed E-state index contributed by atoms with van der Waals surface area (Å²) in [5.74, 6) is 0. The Kier molecular flexibility index (Phi) is 3.05. The first-order valence-corrected chi connectivity index (χ1v) is 2.87. The van der Waals surface area contributed by atoms with Crippen molar-refractivity contribution >= 4 is 0 Å². The Morgan fingerprint density at radius 1 is 1.15 bits per heavy atom. The van der Waals surface area contributed by atoms with E-state index < -0.39 is 27.2 Å². The lowest BCUT2D eigenvalue weighted by Gasteiger charge is -2.10. The number of nitro groups is 2. The second kappa shape index (κ2) is 3.60. The SMILES string of the molecule is CC(CO[N+](=O)[O-])([N+](=O)[O-])[N+](=O)[O-]. The van der Waals surface area contributed by atoms with Gasteiger partial charge in [-0.05, 0) is 0 Å². The maximum absolute atomic E-state index is 10.1. The predicted octanol–water partition coefficient (Wildman–Crippen LogP) is -0.536. The quantitative estimate of drug-likeness (QED) is 0.326. The molecule has 13 heavy (non-hydrogen) atoms. The van der Waals surface area contributed by atoms with Crippen molar-refractivity contribution in [3.63, 3.8) is 0 Å². The third-order valence-corrected chi connectivity index (χ3v) is 1.23. The van der Waals surface area contributed by atoms with Crippen molar-refractivity contribution in [1.82, 2.24) is 0 Å². The van der Waals surface area contributed by atoms with Gasteiger partial charge in [0.25, 0.3) is 5.09 Å². The van der Waals surface area contributed by atoms with Gasteiger partial charge in [0.1, 0.15) is 9.85 Å². The van der Waals surface area contributed by atoms with Crippen molar-refractivity contribution in [1.29, 1.82) is 0 Å². The summed E-state index contributed by atoms with van der Waals surface area (Å²) in [6.07, 6.45) is 0. The van der Waals surface area contributed by atoms with E-state index in [0.717, 1.165) is 0 Å². The van der Waals surface area contributed by atoms with Crippen LogP contribution in [-0.4, -0.2) is 27.2 Å². The zero-order chi connectivity index (χ0) is 10.6. The molecule has 0 fully saturated rings. The summed E-state index contributed by atoms with van der Waals surface area (Å²) >= 11 is 0. The van der Waals surface area contributed by atoms with Gasteiger partial charge in [0.05, 0.1) is 6.92 Å². The van der Waals surface area contributed by atoms with Crippen molar-refractivity contribution in [2.45, 2.75) is 12.6 Å². The molecule has 0 spiro atoms. The number of hydrogen-bond acceptors (Lipinski definition) is 7. The topological polar surface area (TPSA) is 139 Å². The van der Waals surface area contributed by atoms with E-state index in [9.17, 15) is 30.3 Å². The molecule has 0 heterocycles. The molecule has 10 heteroatoms. The molecule has 0 bridgehead atoms. The Balaban J connectivity index is 4.52. The fourth-order valence-electron chi connectivity index (χ4n) is 0.347. The highest BCUT2D eigenvalue weighted by Crippen LogP contribution is 2.10. The first-order chi connectivity index (χ1) is 5.80. The van der Waals surface area contributed by atoms with E-state index in [1.165, 1.54) is 0 Å². The largest absolute Gasteiger partial charge is 0.478 e. The molecule has 0 aromatic heterocycles. The van der Waals surface area contributed by atoms with Gasteiger partial charge in [-0.15, -0.1) is 10.1 Å². The number of hydrogen-bond donors (Lipinski definition) is 0. The first kappa shape index (κ1) is 11.0. The molecular weight excluding hydrogens is 190 g/mol. The van der Waals surface area contributed by atoms with Crippen LogP contribution in [0.4, 0.5) is 0 Å². The van der Waals surface area contributed by atoms with E-state index in [0.29, 0.717) is 6.92 Å². The van der Waals surface area contributed by atoms with Gasteiger partial charge < -0.3 is 0 Å². The lowest BCUT2D eigenvalue weighted by molar-refractivity contribution is -0.833. The second-order valence-corrected chi connectivity index (χ2v) is 2.23. The summed E-state index contributed by atoms with van der Waals surface area (Å²) in [5.41, 5.74) is -2.69. The lowest BCUT2D eigenvalue weighted by Crippen LogP contribution is -2.47. The van der Waals surface area contributed by atoms with Crippen molar-refractivity contribution in [2.24, 2.45) is 0 Å². The molecule has 0 aliphatic heterocycles. The molecule has 10 nitrogen and oxygen atoms in total. The Labute approximate surface area is 70.5 Å². The van der Waals surface area contributed by atoms with Crippen LogP contribution < -0.4 is 0 Å². The third-order valence-electron chi connectivity index (χ3n) is 1.23. The van der Waals surface area contributed by atoms with E-state index in [2.05, 4.69) is 4.84 Å². The monoisotopic (exact) mass is 195 g/mol. The fourth-order valence-corrected chi connectivity index (χ4v) is 0.347. The highest BCUT2D eigenvalue weighted by Gasteiger charge is 2.51. The summed E-state index contributed by atoms with van der Waals surface area (Å²) in [4.78, 5) is 31.0. The van der Waals surface area contributed by atoms with Crippen LogP contribution >= 0.6 is 0 Å². The average molecular weight is 195 g/mol. The van der Waals surface area contributed by atoms with Gasteiger partial charge >= 0.3 is 5.66 Å². The summed E-state index contributed by atoms with van der Waals surface area (Å²) in [6.45, 7) is -0.601. The highest BCUT2D eigenvalue weighted by atomic mass is 17.0. The number of rotatable bonds is 5. The molecule has 0 N–H and O–H groups in total. The summed E-state index contributed by atoms with van der Waals surface area (Å²) < 4.78 is 0. The molecule has 74 valence electrons. The Morgan fingerprint density at radius 2 is 1.54 bits per heavy atom. The van der Waals surface area contributed by atoms with Crippen LogP contribution in [0.3, 0.4) is 0 Å². The fraction of sp³-hybridized carbons (Fsp3) is 1.00. The standard InChI is InChI=1S/C3H5N3O7/c1-3(4(7)8,5(9)10)2-13-6(11)12/h2H2,1H3. The molecule has 0 rings (SSSR count). The van der Waals surface area contributed by atoms with Crippen molar-refractivity contribution in [2.75, 3.05) is 6.61 Å². The molecule has 0 radical (unpaired) electrons. The maximum atomic E-state index is 10.1. The molecular formula is C3H5N3O7. The number of nitrogens with zero attached hydrogens (tertiary/aromatic N) is 3. The Morgan fingerprint density at radius 3 is 1.77 bits per heavy atom. The highest BCUT2D eigenvalue weighted by molar-refractivity contribution is 4.56. The Hall–Kier alpha value is -2.00. The third kappa shape index (κ3) is 2.50. The van der Waals surface area contributed by atoms with Gasteiger partial charge in [-0.3, -0.25) is 25.1 Å². The lowest BCUT2D eigenvalue weighted by atomic mass is 10.2. The van der Waals surface area contributed by atoms with Crippen LogP contribution in [0.2, 0.25) is 0 Å². The smallest absolute Gasteiger partial charge is 0.298 e. The van der Waals surface area contributed by atoms with Crippen LogP contribution in [0.25, 0.3) is 0 Å². The zero-order valence-corrected chi connectivity index (χ0v) is 6.41. The molecule has 0 aromatic rings. The van der Waals surface area contributed by atoms with Crippen molar-refractivity contribution < 1.29 is 19.8 Å². The molecule has 0 saturated carbocycles. The van der Waals surface area contributed by atoms with Gasteiger partial charge in [0, 0.05) is 0 Å². The molecule has 0 unspecified atom stereocenters. The molecule has 0 aromatic carbocycles. The van der Waals surface area contributed by atoms with Crippen LogP contribution in [0.1, 0.15) is 6.92 Å². The van der Waals surface area contributed by atoms with Gasteiger partial charge in [0.2, 0.25) is 6.61 Å². The van der Waals surface area contributed by atoms with Gasteiger partial charge in [-0.1, -0.05) is 0 Å². The summed E-state index contributed by atoms with van der Waals surface area (Å²) in [7, 11) is 0. The van der Waals surface area contributed by atoms with Crippen LogP contribution in [0.15, 0.2) is 0 Å². The predicted molar refractivity (Wildman–Crippen MR) is 35.3 cm³/mol. The summed E-state index contributed by atoms with van der Waals surface area (Å²) in [5, 5.41) is 28.6. The first-order valence-electron chi connectivity index (χ1n) is 2.87. The van der Waals surface area contributed by atoms with E-state index in [-0.39, 0.29) is 0 Å². The molecule has 0 aliphatic carbocycles. The van der Waals surface area contributed by atoms with Crippen LogP contribution in [-0.2, 0) is 4.84 Å². The van der Waals surface area contributed by atoms with E-state index in [1.807, 2.05) is 0 Å². The second-order valence-electron chi connectivity index (χ2n) is 2.23. The van der Waals surface area contributed by atoms with Gasteiger partial charge in [-0.2, -0.15) is 0 Å². The molecule has 0 aliphatic rings. The average Bonchev–Trinajstić information content (AvgIpc) is 1.99. The van der Waals surface area contributed by atoms with Crippen molar-refractivity contribution in [3.05, 3.63) is 30.3 Å². The minimum Gasteiger partial charge on any atom is -0.298 e. The van der Waals surface area contributed by atoms with E-state index in [1.54, 1.807) is 0 Å². The Bertz CT molecular complexity index is 235. The summed E-state index contributed by atoms with van der Waals surface area (Å²) in [6, 6.07) is 0. The normalized spacial score (nSPS) is 10.5. The minimum atomic E-state index is -2.69. The minimum absolute atomic E-state index is 0.622. The van der Waals surface area contributed by atoms with Crippen molar-refractivity contribution in [3.8, 4) is 0 Å². The molecule has 0 atom stereocenters. The van der Waals surface area contributed by atoms with Crippen LogP contribution in [0.5, 0.6) is 0 Å². The molecule has 0 amide bonds. The zero-order valence-electron chi connectivity index (χ0n) is 6.41. The van der Waals surface area contributed by atoms with E-state index >= 15 is 0 Å². The van der Waals surface area contributed by atoms with Gasteiger partial charge in [0.15, 0.2) is 0 Å². The van der Waals surface area contributed by atoms with E-state index in [4.69, 9.17) is 0 Å². The van der Waals surface area contributed by atoms with Crippen LogP contribution in [0, 0.1) is 30.3 Å². The van der Waals surface area contributed by atoms with Gasteiger partial charge in [-0.25, -0.2) is 0 Å². The molecule has 0 saturated heterocycles. The maximum Gasteiger partial charge on any atom is 0.478 e.